The summed E-state index contributed by atoms with van der Waals surface area (Å²) in [5.74, 6) is 5.65. The molecule has 3 rings (SSSR count). The van der Waals surface area contributed by atoms with E-state index >= 15 is 0 Å². The van der Waals surface area contributed by atoms with Gasteiger partial charge in [-0.05, 0) is 34.5 Å². The van der Waals surface area contributed by atoms with Crippen molar-refractivity contribution in [3.05, 3.63) is 53.0 Å². The Kier molecular flexibility index (Phi) is 3.10. The zero-order valence-corrected chi connectivity index (χ0v) is 10.6. The molecule has 0 aliphatic heterocycles. The largest absolute Gasteiger partial charge is 0.329 e. The van der Waals surface area contributed by atoms with Gasteiger partial charge in [0, 0.05) is 6.54 Å². The fourth-order valence-electron chi connectivity index (χ4n) is 2.08. The smallest absolute Gasteiger partial charge is 0.0958 e. The molecule has 0 amide bonds. The Bertz CT molecular complexity index is 629. The monoisotopic (exact) mass is 258 g/mol. The number of thiophene rings is 1. The van der Waals surface area contributed by atoms with Gasteiger partial charge in [-0.2, -0.15) is 11.3 Å². The van der Waals surface area contributed by atoms with Gasteiger partial charge >= 0.3 is 0 Å². The minimum Gasteiger partial charge on any atom is -0.329 e. The summed E-state index contributed by atoms with van der Waals surface area (Å²) in [5, 5.41) is 4.18. The van der Waals surface area contributed by atoms with Crippen molar-refractivity contribution in [1.82, 2.24) is 15.0 Å². The molecule has 1 unspecified atom stereocenters. The Morgan fingerprint density at radius 2 is 2.22 bits per heavy atom. The third kappa shape index (κ3) is 2.03. The van der Waals surface area contributed by atoms with Crippen molar-refractivity contribution in [2.24, 2.45) is 5.84 Å². The molecule has 0 saturated carbocycles. The van der Waals surface area contributed by atoms with Gasteiger partial charge in [0.2, 0.25) is 0 Å². The molecule has 0 aliphatic rings. The van der Waals surface area contributed by atoms with Crippen molar-refractivity contribution in [3.8, 4) is 0 Å². The van der Waals surface area contributed by atoms with Crippen LogP contribution in [0.1, 0.15) is 11.6 Å². The highest BCUT2D eigenvalue weighted by molar-refractivity contribution is 7.07. The van der Waals surface area contributed by atoms with Crippen LogP contribution in [0.2, 0.25) is 0 Å². The summed E-state index contributed by atoms with van der Waals surface area (Å²) in [6, 6.07) is 10.3. The quantitative estimate of drug-likeness (QED) is 0.557. The molecule has 3 aromatic rings. The van der Waals surface area contributed by atoms with Gasteiger partial charge in [0.1, 0.15) is 0 Å². The Labute approximate surface area is 109 Å². The molecule has 0 bridgehead atoms. The number of hydrogen-bond acceptors (Lipinski definition) is 4. The maximum Gasteiger partial charge on any atom is 0.0958 e. The summed E-state index contributed by atoms with van der Waals surface area (Å²) in [7, 11) is 0. The van der Waals surface area contributed by atoms with Gasteiger partial charge in [0.25, 0.3) is 0 Å². The van der Waals surface area contributed by atoms with E-state index in [1.54, 1.807) is 11.3 Å². The maximum absolute atomic E-state index is 5.65. The van der Waals surface area contributed by atoms with Crippen molar-refractivity contribution in [2.75, 3.05) is 0 Å². The summed E-state index contributed by atoms with van der Waals surface area (Å²) in [6.45, 7) is 0.772. The number of hydrogen-bond donors (Lipinski definition) is 2. The number of nitrogens with one attached hydrogen (secondary N) is 1. The molecule has 2 heterocycles. The molecular weight excluding hydrogens is 244 g/mol. The van der Waals surface area contributed by atoms with Crippen molar-refractivity contribution >= 4 is 22.4 Å². The fourth-order valence-corrected chi connectivity index (χ4v) is 2.79. The second-order valence-corrected chi connectivity index (χ2v) is 4.94. The SMILES string of the molecule is NNC(Cn1cnc2ccccc21)c1ccsc1. The zero-order chi connectivity index (χ0) is 12.4. The van der Waals surface area contributed by atoms with Crippen LogP contribution in [0.5, 0.6) is 0 Å². The number of nitrogens with zero attached hydrogens (tertiary/aromatic N) is 2. The molecule has 0 radical (unpaired) electrons. The highest BCUT2D eigenvalue weighted by Crippen LogP contribution is 2.20. The number of hydrazine groups is 1. The van der Waals surface area contributed by atoms with Crippen LogP contribution in [-0.4, -0.2) is 9.55 Å². The third-order valence-electron chi connectivity index (χ3n) is 3.05. The Morgan fingerprint density at radius 3 is 3.00 bits per heavy atom. The molecule has 0 spiro atoms. The van der Waals surface area contributed by atoms with Crippen LogP contribution in [0.3, 0.4) is 0 Å². The fraction of sp³-hybridized carbons (Fsp3) is 0.154. The number of aromatic nitrogens is 2. The Hall–Kier alpha value is -1.69. The number of benzene rings is 1. The highest BCUT2D eigenvalue weighted by atomic mass is 32.1. The van der Waals surface area contributed by atoms with E-state index in [1.165, 1.54) is 5.56 Å². The van der Waals surface area contributed by atoms with Gasteiger partial charge in [-0.15, -0.1) is 0 Å². The normalized spacial score (nSPS) is 12.9. The van der Waals surface area contributed by atoms with E-state index in [2.05, 4.69) is 37.9 Å². The first kappa shape index (κ1) is 11.4. The number of nitrogens with two attached hydrogens (primary N) is 1. The lowest BCUT2D eigenvalue weighted by Gasteiger charge is -2.15. The van der Waals surface area contributed by atoms with Crippen LogP contribution in [0.25, 0.3) is 11.0 Å². The van der Waals surface area contributed by atoms with Crippen LogP contribution in [-0.2, 0) is 6.54 Å². The van der Waals surface area contributed by atoms with Gasteiger partial charge in [-0.3, -0.25) is 11.3 Å². The second-order valence-electron chi connectivity index (χ2n) is 4.16. The second kappa shape index (κ2) is 4.89. The van der Waals surface area contributed by atoms with Crippen LogP contribution >= 0.6 is 11.3 Å². The van der Waals surface area contributed by atoms with Gasteiger partial charge in [-0.25, -0.2) is 4.98 Å². The first-order chi connectivity index (χ1) is 8.88. The summed E-state index contributed by atoms with van der Waals surface area (Å²) in [5.41, 5.74) is 6.22. The molecule has 0 aliphatic carbocycles. The first-order valence-corrected chi connectivity index (χ1v) is 6.71. The van der Waals surface area contributed by atoms with Crippen molar-refractivity contribution < 1.29 is 0 Å². The predicted octanol–water partition coefficient (Wildman–Crippen LogP) is 2.30. The van der Waals surface area contributed by atoms with Crippen LogP contribution in [0, 0.1) is 0 Å². The summed E-state index contributed by atoms with van der Waals surface area (Å²) in [6.07, 6.45) is 1.86. The van der Waals surface area contributed by atoms with Crippen molar-refractivity contribution in [1.29, 1.82) is 0 Å². The molecule has 1 aromatic carbocycles. The van der Waals surface area contributed by atoms with Gasteiger partial charge in [-0.1, -0.05) is 12.1 Å². The van der Waals surface area contributed by atoms with Crippen LogP contribution < -0.4 is 11.3 Å². The minimum absolute atomic E-state index is 0.105. The molecule has 3 N–H and O–H groups in total. The molecule has 0 fully saturated rings. The van der Waals surface area contributed by atoms with E-state index in [0.717, 1.165) is 17.6 Å². The number of fused-ring (bicyclic) bond motifs is 1. The molecule has 92 valence electrons. The lowest BCUT2D eigenvalue weighted by molar-refractivity contribution is 0.482. The summed E-state index contributed by atoms with van der Waals surface area (Å²) in [4.78, 5) is 4.38. The highest BCUT2D eigenvalue weighted by Gasteiger charge is 2.12. The van der Waals surface area contributed by atoms with Crippen LogP contribution in [0.15, 0.2) is 47.4 Å². The average molecular weight is 258 g/mol. The molecular formula is C13H14N4S. The Morgan fingerprint density at radius 1 is 1.33 bits per heavy atom. The summed E-state index contributed by atoms with van der Waals surface area (Å²) < 4.78 is 2.12. The molecule has 1 atom stereocenters. The van der Waals surface area contributed by atoms with Gasteiger partial charge in [0.05, 0.1) is 23.4 Å². The zero-order valence-electron chi connectivity index (χ0n) is 9.78. The van der Waals surface area contributed by atoms with E-state index in [0.29, 0.717) is 0 Å². The molecule has 18 heavy (non-hydrogen) atoms. The summed E-state index contributed by atoms with van der Waals surface area (Å²) >= 11 is 1.68. The van der Waals surface area contributed by atoms with E-state index in [9.17, 15) is 0 Å². The van der Waals surface area contributed by atoms with Gasteiger partial charge in [0.15, 0.2) is 0 Å². The average Bonchev–Trinajstić information content (AvgIpc) is 3.06. The van der Waals surface area contributed by atoms with Crippen molar-refractivity contribution in [3.63, 3.8) is 0 Å². The van der Waals surface area contributed by atoms with E-state index in [1.807, 2.05) is 24.5 Å². The Balaban J connectivity index is 1.91. The number of para-hydroxylation sites is 2. The standard InChI is InChI=1S/C13H14N4S/c14-16-12(10-5-6-18-8-10)7-17-9-15-11-3-1-2-4-13(11)17/h1-6,8-9,12,16H,7,14H2. The molecule has 0 saturated heterocycles. The molecule has 4 nitrogen and oxygen atoms in total. The van der Waals surface area contributed by atoms with Gasteiger partial charge < -0.3 is 4.57 Å². The van der Waals surface area contributed by atoms with Crippen LogP contribution in [0.4, 0.5) is 0 Å². The van der Waals surface area contributed by atoms with E-state index < -0.39 is 0 Å². The third-order valence-corrected chi connectivity index (χ3v) is 3.75. The maximum atomic E-state index is 5.65. The lowest BCUT2D eigenvalue weighted by Crippen LogP contribution is -2.30. The lowest BCUT2D eigenvalue weighted by atomic mass is 10.1. The minimum atomic E-state index is 0.105. The van der Waals surface area contributed by atoms with E-state index in [4.69, 9.17) is 5.84 Å². The number of imidazole rings is 1. The molecule has 2 aromatic heterocycles. The van der Waals surface area contributed by atoms with Crippen molar-refractivity contribution in [2.45, 2.75) is 12.6 Å². The predicted molar refractivity (Wildman–Crippen MR) is 74.1 cm³/mol. The first-order valence-electron chi connectivity index (χ1n) is 5.76. The topological polar surface area (TPSA) is 55.9 Å². The van der Waals surface area contributed by atoms with E-state index in [-0.39, 0.29) is 6.04 Å². The molecule has 5 heteroatoms. The number of rotatable bonds is 4.